The molecule has 0 unspecified atom stereocenters. The van der Waals surface area contributed by atoms with E-state index in [9.17, 15) is 22.8 Å². The Labute approximate surface area is 145 Å². The maximum absolute atomic E-state index is 12.9. The molecule has 0 fully saturated rings. The maximum atomic E-state index is 12.9. The fourth-order valence-corrected chi connectivity index (χ4v) is 2.58. The van der Waals surface area contributed by atoms with Crippen molar-refractivity contribution in [1.82, 2.24) is 4.57 Å². The molecule has 3 aromatic rings. The molecule has 0 N–H and O–H groups in total. The second-order valence-corrected chi connectivity index (χ2v) is 5.55. The van der Waals surface area contributed by atoms with Crippen LogP contribution in [0.5, 0.6) is 0 Å². The van der Waals surface area contributed by atoms with E-state index in [2.05, 4.69) is 0 Å². The van der Waals surface area contributed by atoms with E-state index >= 15 is 0 Å². The van der Waals surface area contributed by atoms with Gasteiger partial charge in [-0.1, -0.05) is 30.3 Å². The van der Waals surface area contributed by atoms with Crippen LogP contribution in [0.25, 0.3) is 11.1 Å². The summed E-state index contributed by atoms with van der Waals surface area (Å²) in [7, 11) is 0. The molecule has 0 spiro atoms. The first-order chi connectivity index (χ1) is 12.4. The van der Waals surface area contributed by atoms with Gasteiger partial charge in [0.2, 0.25) is 0 Å². The highest BCUT2D eigenvalue weighted by molar-refractivity contribution is 5.73. The highest BCUT2D eigenvalue weighted by Gasteiger charge is 2.33. The van der Waals surface area contributed by atoms with Crippen molar-refractivity contribution in [2.45, 2.75) is 25.7 Å². The van der Waals surface area contributed by atoms with Gasteiger partial charge in [-0.2, -0.15) is 13.2 Å². The lowest BCUT2D eigenvalue weighted by atomic mass is 10.1. The minimum Gasteiger partial charge on any atom is -0.461 e. The van der Waals surface area contributed by atoms with E-state index in [0.29, 0.717) is 11.1 Å². The van der Waals surface area contributed by atoms with E-state index in [1.807, 2.05) is 0 Å². The summed E-state index contributed by atoms with van der Waals surface area (Å²) in [5.41, 5.74) is -0.0400. The van der Waals surface area contributed by atoms with Crippen molar-refractivity contribution in [3.63, 3.8) is 0 Å². The summed E-state index contributed by atoms with van der Waals surface area (Å²) in [5, 5.41) is 0. The predicted molar refractivity (Wildman–Crippen MR) is 86.3 cm³/mol. The van der Waals surface area contributed by atoms with Gasteiger partial charge >= 0.3 is 17.9 Å². The third-order valence-electron chi connectivity index (χ3n) is 3.82. The summed E-state index contributed by atoms with van der Waals surface area (Å²) in [4.78, 5) is 23.7. The molecule has 0 saturated carbocycles. The minimum absolute atomic E-state index is 0.00952. The second kappa shape index (κ2) is 7.07. The topological polar surface area (TPSA) is 61.4 Å². The summed E-state index contributed by atoms with van der Waals surface area (Å²) >= 11 is 0. The molecule has 0 saturated heterocycles. The smallest absolute Gasteiger partial charge is 0.419 e. The SMILES string of the molecule is O=C(CCn1c(=O)oc2ccccc21)OCc1ccccc1C(F)(F)F. The summed E-state index contributed by atoms with van der Waals surface area (Å²) in [6.07, 6.45) is -4.69. The number of aryl methyl sites for hydroxylation is 1. The van der Waals surface area contributed by atoms with Crippen molar-refractivity contribution in [3.8, 4) is 0 Å². The number of nitrogens with zero attached hydrogens (tertiary/aromatic N) is 1. The zero-order valence-electron chi connectivity index (χ0n) is 13.5. The van der Waals surface area contributed by atoms with Gasteiger partial charge in [0, 0.05) is 12.1 Å². The van der Waals surface area contributed by atoms with Crippen LogP contribution in [0.15, 0.2) is 57.7 Å². The molecule has 26 heavy (non-hydrogen) atoms. The first kappa shape index (κ1) is 17.8. The quantitative estimate of drug-likeness (QED) is 0.646. The normalized spacial score (nSPS) is 11.7. The largest absolute Gasteiger partial charge is 0.461 e. The molecule has 0 aliphatic heterocycles. The Kier molecular flexibility index (Phi) is 4.83. The van der Waals surface area contributed by atoms with E-state index in [1.165, 1.54) is 22.8 Å². The summed E-state index contributed by atoms with van der Waals surface area (Å²) in [6.45, 7) is -0.481. The van der Waals surface area contributed by atoms with Crippen molar-refractivity contribution in [1.29, 1.82) is 0 Å². The second-order valence-electron chi connectivity index (χ2n) is 5.55. The number of ether oxygens (including phenoxy) is 1. The van der Waals surface area contributed by atoms with Crippen molar-refractivity contribution in [2.75, 3.05) is 0 Å². The molecule has 1 aromatic heterocycles. The number of hydrogen-bond donors (Lipinski definition) is 0. The number of halogens is 3. The van der Waals surface area contributed by atoms with Crippen LogP contribution in [0.3, 0.4) is 0 Å². The molecule has 0 aliphatic rings. The van der Waals surface area contributed by atoms with Crippen LogP contribution < -0.4 is 5.76 Å². The molecule has 2 aromatic carbocycles. The molecule has 5 nitrogen and oxygen atoms in total. The van der Waals surface area contributed by atoms with Gasteiger partial charge in [-0.05, 0) is 18.2 Å². The molecule has 1 heterocycles. The maximum Gasteiger partial charge on any atom is 0.419 e. The summed E-state index contributed by atoms with van der Waals surface area (Å²) < 4.78 is 50.0. The van der Waals surface area contributed by atoms with Gasteiger partial charge in [0.05, 0.1) is 17.5 Å². The van der Waals surface area contributed by atoms with E-state index in [4.69, 9.17) is 9.15 Å². The number of esters is 1. The van der Waals surface area contributed by atoms with Gasteiger partial charge in [0.15, 0.2) is 5.58 Å². The molecular formula is C18H14F3NO4. The molecule has 0 aliphatic carbocycles. The number of oxazole rings is 1. The molecule has 0 bridgehead atoms. The lowest BCUT2D eigenvalue weighted by Gasteiger charge is -2.12. The van der Waals surface area contributed by atoms with Gasteiger partial charge < -0.3 is 9.15 Å². The van der Waals surface area contributed by atoms with Gasteiger partial charge in [0.1, 0.15) is 6.61 Å². The van der Waals surface area contributed by atoms with Gasteiger partial charge in [-0.25, -0.2) is 4.79 Å². The van der Waals surface area contributed by atoms with Crippen LogP contribution in [-0.2, 0) is 28.9 Å². The number of rotatable bonds is 5. The molecular weight excluding hydrogens is 351 g/mol. The van der Waals surface area contributed by atoms with Crippen LogP contribution in [-0.4, -0.2) is 10.5 Å². The third-order valence-corrected chi connectivity index (χ3v) is 3.82. The Balaban J connectivity index is 1.64. The van der Waals surface area contributed by atoms with Crippen LogP contribution >= 0.6 is 0 Å². The Bertz CT molecular complexity index is 988. The van der Waals surface area contributed by atoms with Crippen LogP contribution in [0.2, 0.25) is 0 Å². The fourth-order valence-electron chi connectivity index (χ4n) is 2.58. The van der Waals surface area contributed by atoms with Crippen LogP contribution in [0, 0.1) is 0 Å². The average molecular weight is 365 g/mol. The number of aromatic nitrogens is 1. The zero-order chi connectivity index (χ0) is 18.7. The number of fused-ring (bicyclic) bond motifs is 1. The standard InChI is InChI=1S/C18H14F3NO4/c19-18(20,21)13-6-2-1-5-12(13)11-25-16(23)9-10-22-14-7-3-4-8-15(14)26-17(22)24/h1-8H,9-11H2. The lowest BCUT2D eigenvalue weighted by molar-refractivity contribution is -0.148. The molecule has 0 amide bonds. The average Bonchev–Trinajstić information content (AvgIpc) is 2.92. The predicted octanol–water partition coefficient (Wildman–Crippen LogP) is 3.75. The summed E-state index contributed by atoms with van der Waals surface area (Å²) in [6, 6.07) is 11.6. The van der Waals surface area contributed by atoms with Crippen LogP contribution in [0.1, 0.15) is 17.5 Å². The summed E-state index contributed by atoms with van der Waals surface area (Å²) in [5.74, 6) is -1.32. The number of para-hydroxylation sites is 2. The highest BCUT2D eigenvalue weighted by Crippen LogP contribution is 2.32. The number of carbonyl (C=O) groups is 1. The number of carbonyl (C=O) groups excluding carboxylic acids is 1. The monoisotopic (exact) mass is 365 g/mol. The molecule has 3 rings (SSSR count). The Morgan fingerprint density at radius 2 is 1.77 bits per heavy atom. The Morgan fingerprint density at radius 3 is 2.54 bits per heavy atom. The first-order valence-electron chi connectivity index (χ1n) is 7.75. The molecule has 0 atom stereocenters. The third kappa shape index (κ3) is 3.79. The van der Waals surface area contributed by atoms with E-state index < -0.39 is 30.1 Å². The Hall–Kier alpha value is -3.03. The van der Waals surface area contributed by atoms with Gasteiger partial charge in [-0.3, -0.25) is 9.36 Å². The van der Waals surface area contributed by atoms with Crippen molar-refractivity contribution in [2.24, 2.45) is 0 Å². The zero-order valence-corrected chi connectivity index (χ0v) is 13.5. The van der Waals surface area contributed by atoms with Gasteiger partial charge in [0.25, 0.3) is 0 Å². The van der Waals surface area contributed by atoms with E-state index in [-0.39, 0.29) is 18.5 Å². The number of alkyl halides is 3. The first-order valence-corrected chi connectivity index (χ1v) is 7.75. The fraction of sp³-hybridized carbons (Fsp3) is 0.222. The van der Waals surface area contributed by atoms with Crippen molar-refractivity contribution >= 4 is 17.1 Å². The van der Waals surface area contributed by atoms with E-state index in [1.54, 1.807) is 24.3 Å². The molecule has 136 valence electrons. The molecule has 8 heteroatoms. The van der Waals surface area contributed by atoms with E-state index in [0.717, 1.165) is 6.07 Å². The highest BCUT2D eigenvalue weighted by atomic mass is 19.4. The van der Waals surface area contributed by atoms with Crippen molar-refractivity contribution < 1.29 is 27.1 Å². The van der Waals surface area contributed by atoms with Crippen LogP contribution in [0.4, 0.5) is 13.2 Å². The minimum atomic E-state index is -4.52. The lowest BCUT2D eigenvalue weighted by Crippen LogP contribution is -2.18. The van der Waals surface area contributed by atoms with Crippen molar-refractivity contribution in [3.05, 3.63) is 70.2 Å². The molecule has 0 radical (unpaired) electrons. The number of benzene rings is 2. The number of hydrogen-bond acceptors (Lipinski definition) is 4. The van der Waals surface area contributed by atoms with Gasteiger partial charge in [-0.15, -0.1) is 0 Å². The Morgan fingerprint density at radius 1 is 1.08 bits per heavy atom.